The highest BCUT2D eigenvalue weighted by Crippen LogP contribution is 2.60. The Morgan fingerprint density at radius 3 is 2.79 bits per heavy atom. The summed E-state index contributed by atoms with van der Waals surface area (Å²) in [6.45, 7) is 10.3. The number of fused-ring (bicyclic) bond motifs is 5. The number of hydrogen-bond acceptors (Lipinski definition) is 3. The van der Waals surface area contributed by atoms with Gasteiger partial charge in [0.05, 0.1) is 6.61 Å². The number of benzene rings is 1. The Balaban J connectivity index is 1.35. The van der Waals surface area contributed by atoms with Crippen molar-refractivity contribution in [3.8, 4) is 5.75 Å². The van der Waals surface area contributed by atoms with Gasteiger partial charge in [-0.1, -0.05) is 61.8 Å². The molecule has 1 aromatic rings. The van der Waals surface area contributed by atoms with Crippen molar-refractivity contribution in [3.63, 3.8) is 0 Å². The lowest BCUT2D eigenvalue weighted by molar-refractivity contribution is 0.0598. The van der Waals surface area contributed by atoms with Crippen LogP contribution in [0.25, 0.3) is 0 Å². The third-order valence-electron chi connectivity index (χ3n) is 7.68. The van der Waals surface area contributed by atoms with Crippen LogP contribution >= 0.6 is 21.6 Å². The summed E-state index contributed by atoms with van der Waals surface area (Å²) in [6, 6.07) is 7.05. The van der Waals surface area contributed by atoms with Crippen LogP contribution in [0.5, 0.6) is 5.75 Å². The van der Waals surface area contributed by atoms with Crippen molar-refractivity contribution in [2.45, 2.75) is 95.5 Å². The second kappa shape index (κ2) is 8.84. The van der Waals surface area contributed by atoms with Crippen molar-refractivity contribution in [3.05, 3.63) is 29.3 Å². The largest absolute Gasteiger partial charge is 0.494 e. The fourth-order valence-electron chi connectivity index (χ4n) is 6.24. The summed E-state index contributed by atoms with van der Waals surface area (Å²) in [5, 5.41) is 1.34. The molecule has 1 nitrogen and oxygen atoms in total. The predicted octanol–water partition coefficient (Wildman–Crippen LogP) is 7.88. The zero-order valence-corrected chi connectivity index (χ0v) is 19.8. The Bertz CT molecular complexity index is 673. The number of aryl methyl sites for hydroxylation is 1. The first-order valence-electron chi connectivity index (χ1n) is 11.5. The van der Waals surface area contributed by atoms with Crippen molar-refractivity contribution >= 4 is 21.6 Å². The lowest BCUT2D eigenvalue weighted by Crippen LogP contribution is -2.39. The Morgan fingerprint density at radius 2 is 1.96 bits per heavy atom. The SMILES string of the molecule is CC(C)SSC(C)CCOc1ccc2c(c1)CC[C@@H]1[C@@H]2CC[C@]2(C)CCC[C@@H]12. The molecular formula is C25H38OS2. The summed E-state index contributed by atoms with van der Waals surface area (Å²) < 4.78 is 6.15. The van der Waals surface area contributed by atoms with E-state index in [2.05, 4.69) is 45.9 Å². The lowest BCUT2D eigenvalue weighted by atomic mass is 9.56. The summed E-state index contributed by atoms with van der Waals surface area (Å²) in [4.78, 5) is 0. The van der Waals surface area contributed by atoms with Gasteiger partial charge in [0.2, 0.25) is 0 Å². The van der Waals surface area contributed by atoms with E-state index < -0.39 is 0 Å². The molecule has 2 fully saturated rings. The molecule has 0 heterocycles. The summed E-state index contributed by atoms with van der Waals surface area (Å²) in [7, 11) is 3.98. The van der Waals surface area contributed by atoms with Gasteiger partial charge in [0.15, 0.2) is 0 Å². The molecule has 156 valence electrons. The molecule has 0 bridgehead atoms. The molecule has 2 saturated carbocycles. The van der Waals surface area contributed by atoms with Gasteiger partial charge >= 0.3 is 0 Å². The van der Waals surface area contributed by atoms with Crippen LogP contribution in [0.15, 0.2) is 18.2 Å². The minimum absolute atomic E-state index is 0.647. The maximum absolute atomic E-state index is 6.15. The van der Waals surface area contributed by atoms with Crippen molar-refractivity contribution in [2.24, 2.45) is 17.3 Å². The number of hydrogen-bond donors (Lipinski definition) is 0. The average Bonchev–Trinajstić information content (AvgIpc) is 3.08. The van der Waals surface area contributed by atoms with Gasteiger partial charge in [-0.15, -0.1) is 0 Å². The lowest BCUT2D eigenvalue weighted by Gasteiger charge is -2.49. The van der Waals surface area contributed by atoms with Gasteiger partial charge in [0.1, 0.15) is 5.75 Å². The van der Waals surface area contributed by atoms with E-state index in [0.29, 0.717) is 15.9 Å². The Morgan fingerprint density at radius 1 is 1.11 bits per heavy atom. The molecule has 3 aliphatic rings. The molecule has 5 atom stereocenters. The molecule has 0 saturated heterocycles. The summed E-state index contributed by atoms with van der Waals surface area (Å²) in [5.74, 6) is 3.83. The van der Waals surface area contributed by atoms with Crippen LogP contribution in [0.2, 0.25) is 0 Å². The second-order valence-corrected chi connectivity index (χ2v) is 13.3. The van der Waals surface area contributed by atoms with E-state index >= 15 is 0 Å². The summed E-state index contributed by atoms with van der Waals surface area (Å²) in [6.07, 6.45) is 11.1. The van der Waals surface area contributed by atoms with E-state index in [-0.39, 0.29) is 0 Å². The van der Waals surface area contributed by atoms with E-state index in [1.54, 1.807) is 11.1 Å². The van der Waals surface area contributed by atoms with Crippen molar-refractivity contribution in [2.75, 3.05) is 6.61 Å². The first-order chi connectivity index (χ1) is 13.5. The van der Waals surface area contributed by atoms with Gasteiger partial charge in [-0.05, 0) is 91.4 Å². The molecule has 1 aromatic carbocycles. The minimum Gasteiger partial charge on any atom is -0.494 e. The quantitative estimate of drug-likeness (QED) is 0.417. The summed E-state index contributed by atoms with van der Waals surface area (Å²) >= 11 is 0. The van der Waals surface area contributed by atoms with Gasteiger partial charge < -0.3 is 4.74 Å². The maximum atomic E-state index is 6.15. The molecule has 3 aliphatic carbocycles. The van der Waals surface area contributed by atoms with E-state index in [0.717, 1.165) is 36.5 Å². The molecule has 3 heteroatoms. The van der Waals surface area contributed by atoms with Crippen molar-refractivity contribution in [1.82, 2.24) is 0 Å². The first kappa shape index (κ1) is 21.0. The minimum atomic E-state index is 0.647. The monoisotopic (exact) mass is 418 g/mol. The zero-order chi connectivity index (χ0) is 19.7. The molecule has 0 aromatic heterocycles. The molecule has 0 aliphatic heterocycles. The summed E-state index contributed by atoms with van der Waals surface area (Å²) in [5.41, 5.74) is 3.90. The van der Waals surface area contributed by atoms with Gasteiger partial charge in [-0.3, -0.25) is 0 Å². The highest BCUT2D eigenvalue weighted by atomic mass is 33.1. The van der Waals surface area contributed by atoms with Crippen LogP contribution in [-0.2, 0) is 6.42 Å². The molecule has 0 spiro atoms. The van der Waals surface area contributed by atoms with Crippen LogP contribution in [0.4, 0.5) is 0 Å². The van der Waals surface area contributed by atoms with Crippen LogP contribution < -0.4 is 4.74 Å². The van der Waals surface area contributed by atoms with E-state index in [1.807, 2.05) is 21.6 Å². The van der Waals surface area contributed by atoms with E-state index in [4.69, 9.17) is 4.74 Å². The number of ether oxygens (including phenoxy) is 1. The molecule has 4 rings (SSSR count). The van der Waals surface area contributed by atoms with E-state index in [1.165, 1.54) is 44.9 Å². The zero-order valence-electron chi connectivity index (χ0n) is 18.2. The maximum Gasteiger partial charge on any atom is 0.119 e. The highest BCUT2D eigenvalue weighted by molar-refractivity contribution is 8.77. The normalized spacial score (nSPS) is 32.5. The fourth-order valence-corrected chi connectivity index (χ4v) is 8.37. The Hall–Kier alpha value is -0.280. The third-order valence-corrected chi connectivity index (χ3v) is 11.2. The molecular weight excluding hydrogens is 380 g/mol. The van der Waals surface area contributed by atoms with Gasteiger partial charge in [-0.2, -0.15) is 0 Å². The molecule has 28 heavy (non-hydrogen) atoms. The van der Waals surface area contributed by atoms with Crippen LogP contribution in [0.3, 0.4) is 0 Å². The van der Waals surface area contributed by atoms with Crippen molar-refractivity contribution in [1.29, 1.82) is 0 Å². The molecule has 1 unspecified atom stereocenters. The second-order valence-electron chi connectivity index (χ2n) is 10.1. The smallest absolute Gasteiger partial charge is 0.119 e. The highest BCUT2D eigenvalue weighted by Gasteiger charge is 2.50. The Kier molecular flexibility index (Phi) is 6.62. The van der Waals surface area contributed by atoms with Gasteiger partial charge in [0, 0.05) is 10.5 Å². The van der Waals surface area contributed by atoms with Crippen molar-refractivity contribution < 1.29 is 4.74 Å². The molecule has 0 radical (unpaired) electrons. The third kappa shape index (κ3) is 4.41. The standard InChI is InChI=1S/C25H38OS2/c1-17(2)27-28-18(3)12-15-26-20-8-10-21-19(16-20)7-9-23-22(21)11-14-25(4)13-5-6-24(23)25/h8,10,16-18,22-24H,5-7,9,11-15H2,1-4H3/t18?,22-,23-,24+,25+/m1/s1. The van der Waals surface area contributed by atoms with Crippen LogP contribution in [-0.4, -0.2) is 17.1 Å². The van der Waals surface area contributed by atoms with E-state index in [9.17, 15) is 0 Å². The number of rotatable bonds is 7. The Labute approximate surface area is 180 Å². The van der Waals surface area contributed by atoms with Crippen LogP contribution in [0, 0.1) is 17.3 Å². The first-order valence-corrected chi connectivity index (χ1v) is 13.8. The topological polar surface area (TPSA) is 9.23 Å². The predicted molar refractivity (Wildman–Crippen MR) is 126 cm³/mol. The fraction of sp³-hybridized carbons (Fsp3) is 0.760. The van der Waals surface area contributed by atoms with Gasteiger partial charge in [-0.25, -0.2) is 0 Å². The molecule has 0 amide bonds. The van der Waals surface area contributed by atoms with Crippen LogP contribution in [0.1, 0.15) is 89.7 Å². The average molecular weight is 419 g/mol. The molecule has 0 N–H and O–H groups in total. The van der Waals surface area contributed by atoms with Gasteiger partial charge in [0.25, 0.3) is 0 Å².